The van der Waals surface area contributed by atoms with E-state index in [0.717, 1.165) is 17.0 Å². The molecule has 158 valence electrons. The van der Waals surface area contributed by atoms with Gasteiger partial charge in [0.15, 0.2) is 0 Å². The number of amides is 3. The Hall–Kier alpha value is -4.00. The van der Waals surface area contributed by atoms with Crippen LogP contribution in [0.3, 0.4) is 0 Å². The van der Waals surface area contributed by atoms with Crippen molar-refractivity contribution >= 4 is 23.3 Å². The highest BCUT2D eigenvalue weighted by Gasteiger charge is 2.20. The summed E-state index contributed by atoms with van der Waals surface area (Å²) in [6.07, 6.45) is 0. The molecule has 1 aliphatic rings. The number of hydrogen-bond acceptors (Lipinski definition) is 4. The number of para-hydroxylation sites is 2. The molecule has 3 amide bonds. The predicted molar refractivity (Wildman–Crippen MR) is 120 cm³/mol. The maximum Gasteiger partial charge on any atom is 0.317 e. The molecular formula is C24H24N4O3. The van der Waals surface area contributed by atoms with E-state index in [0.29, 0.717) is 31.1 Å². The number of ether oxygens (including phenoxy) is 1. The first-order chi connectivity index (χ1) is 15.2. The number of benzene rings is 3. The number of nitrogens with zero attached hydrogens (tertiary/aromatic N) is 1. The average Bonchev–Trinajstić information content (AvgIpc) is 3.19. The Labute approximate surface area is 181 Å². The zero-order chi connectivity index (χ0) is 21.5. The zero-order valence-electron chi connectivity index (χ0n) is 17.0. The molecule has 1 saturated heterocycles. The highest BCUT2D eigenvalue weighted by Crippen LogP contribution is 2.23. The lowest BCUT2D eigenvalue weighted by molar-refractivity contribution is -0.114. The van der Waals surface area contributed by atoms with Gasteiger partial charge in [-0.25, -0.2) is 4.79 Å². The quantitative estimate of drug-likeness (QED) is 0.517. The van der Waals surface area contributed by atoms with E-state index in [9.17, 15) is 9.59 Å². The molecular weight excluding hydrogens is 392 g/mol. The number of nitrogens with one attached hydrogen (secondary N) is 3. The minimum atomic E-state index is -0.162. The van der Waals surface area contributed by atoms with Crippen molar-refractivity contribution in [2.45, 2.75) is 6.54 Å². The molecule has 1 heterocycles. The predicted octanol–water partition coefficient (Wildman–Crippen LogP) is 4.05. The number of carbonyl (C=O) groups excluding carboxylic acids is 2. The summed E-state index contributed by atoms with van der Waals surface area (Å²) in [5.41, 5.74) is 2.49. The van der Waals surface area contributed by atoms with Gasteiger partial charge in [0.2, 0.25) is 5.91 Å². The van der Waals surface area contributed by atoms with Gasteiger partial charge in [-0.05, 0) is 48.0 Å². The van der Waals surface area contributed by atoms with Crippen LogP contribution in [0.15, 0.2) is 78.9 Å². The summed E-state index contributed by atoms with van der Waals surface area (Å²) in [6, 6.07) is 24.4. The standard InChI is InChI=1S/C24H24N4O3/c29-23(27-19-10-12-21(13-11-19)31-20-7-2-1-3-8-20)16-26-22-9-5-4-6-18(22)17-28-15-14-25-24(28)30/h1-13,26H,14-17H2,(H,25,30)(H,27,29). The average molecular weight is 416 g/mol. The Morgan fingerprint density at radius 1 is 0.935 bits per heavy atom. The van der Waals surface area contributed by atoms with E-state index < -0.39 is 0 Å². The van der Waals surface area contributed by atoms with Crippen LogP contribution in [0.25, 0.3) is 0 Å². The van der Waals surface area contributed by atoms with Gasteiger partial charge in [0.05, 0.1) is 6.54 Å². The van der Waals surface area contributed by atoms with Crippen LogP contribution in [0.2, 0.25) is 0 Å². The molecule has 0 unspecified atom stereocenters. The molecule has 7 nitrogen and oxygen atoms in total. The number of urea groups is 1. The fraction of sp³-hybridized carbons (Fsp3) is 0.167. The van der Waals surface area contributed by atoms with E-state index in [4.69, 9.17) is 4.74 Å². The van der Waals surface area contributed by atoms with Crippen molar-refractivity contribution < 1.29 is 14.3 Å². The van der Waals surface area contributed by atoms with Gasteiger partial charge in [-0.15, -0.1) is 0 Å². The summed E-state index contributed by atoms with van der Waals surface area (Å²) in [5.74, 6) is 1.29. The van der Waals surface area contributed by atoms with Gasteiger partial charge in [-0.2, -0.15) is 0 Å². The summed E-state index contributed by atoms with van der Waals surface area (Å²) in [4.78, 5) is 25.9. The van der Waals surface area contributed by atoms with Crippen LogP contribution < -0.4 is 20.7 Å². The Kier molecular flexibility index (Phi) is 6.32. The van der Waals surface area contributed by atoms with E-state index in [1.165, 1.54) is 0 Å². The van der Waals surface area contributed by atoms with E-state index in [-0.39, 0.29) is 18.5 Å². The minimum absolute atomic E-state index is 0.0627. The van der Waals surface area contributed by atoms with Gasteiger partial charge in [0.25, 0.3) is 0 Å². The summed E-state index contributed by atoms with van der Waals surface area (Å²) >= 11 is 0. The molecule has 7 heteroatoms. The van der Waals surface area contributed by atoms with E-state index in [1.54, 1.807) is 17.0 Å². The summed E-state index contributed by atoms with van der Waals surface area (Å²) in [6.45, 7) is 1.95. The summed E-state index contributed by atoms with van der Waals surface area (Å²) in [7, 11) is 0. The first kappa shape index (κ1) is 20.3. The van der Waals surface area contributed by atoms with Gasteiger partial charge in [0.1, 0.15) is 11.5 Å². The molecule has 0 aromatic heterocycles. The van der Waals surface area contributed by atoms with E-state index >= 15 is 0 Å². The second-order valence-corrected chi connectivity index (χ2v) is 7.15. The molecule has 0 spiro atoms. The summed E-state index contributed by atoms with van der Waals surface area (Å²) in [5, 5.41) is 8.84. The van der Waals surface area contributed by atoms with E-state index in [1.807, 2.05) is 66.7 Å². The molecule has 1 aliphatic heterocycles. The maximum absolute atomic E-state index is 12.4. The van der Waals surface area contributed by atoms with Crippen molar-refractivity contribution in [3.05, 3.63) is 84.4 Å². The lowest BCUT2D eigenvalue weighted by Crippen LogP contribution is -2.28. The largest absolute Gasteiger partial charge is 0.457 e. The van der Waals surface area contributed by atoms with Crippen molar-refractivity contribution in [2.24, 2.45) is 0 Å². The van der Waals surface area contributed by atoms with Gasteiger partial charge in [-0.3, -0.25) is 4.79 Å². The fourth-order valence-electron chi connectivity index (χ4n) is 3.31. The van der Waals surface area contributed by atoms with Crippen molar-refractivity contribution in [1.29, 1.82) is 0 Å². The molecule has 4 rings (SSSR count). The molecule has 31 heavy (non-hydrogen) atoms. The first-order valence-corrected chi connectivity index (χ1v) is 10.1. The fourth-order valence-corrected chi connectivity index (χ4v) is 3.31. The highest BCUT2D eigenvalue weighted by molar-refractivity contribution is 5.93. The molecule has 0 atom stereocenters. The topological polar surface area (TPSA) is 82.7 Å². The molecule has 1 fully saturated rings. The van der Waals surface area contributed by atoms with Crippen molar-refractivity contribution in [3.63, 3.8) is 0 Å². The van der Waals surface area contributed by atoms with Gasteiger partial charge in [-0.1, -0.05) is 36.4 Å². The molecule has 0 aliphatic carbocycles. The molecule has 3 N–H and O–H groups in total. The van der Waals surface area contributed by atoms with Gasteiger partial charge < -0.3 is 25.6 Å². The van der Waals surface area contributed by atoms with Crippen molar-refractivity contribution in [2.75, 3.05) is 30.3 Å². The third-order valence-corrected chi connectivity index (χ3v) is 4.88. The minimum Gasteiger partial charge on any atom is -0.457 e. The van der Waals surface area contributed by atoms with Crippen LogP contribution in [0, 0.1) is 0 Å². The molecule has 0 saturated carbocycles. The lowest BCUT2D eigenvalue weighted by atomic mass is 10.1. The van der Waals surface area contributed by atoms with Gasteiger partial charge >= 0.3 is 6.03 Å². The number of rotatable bonds is 8. The van der Waals surface area contributed by atoms with Crippen LogP contribution in [0.4, 0.5) is 16.2 Å². The van der Waals surface area contributed by atoms with Gasteiger partial charge in [0, 0.05) is 31.0 Å². The Morgan fingerprint density at radius 2 is 1.65 bits per heavy atom. The number of carbonyl (C=O) groups is 2. The smallest absolute Gasteiger partial charge is 0.317 e. The monoisotopic (exact) mass is 416 g/mol. The third kappa shape index (κ3) is 5.54. The highest BCUT2D eigenvalue weighted by atomic mass is 16.5. The molecule has 3 aromatic carbocycles. The normalized spacial score (nSPS) is 12.9. The third-order valence-electron chi connectivity index (χ3n) is 4.88. The molecule has 3 aromatic rings. The SMILES string of the molecule is O=C(CNc1ccccc1CN1CCNC1=O)Nc1ccc(Oc2ccccc2)cc1. The second kappa shape index (κ2) is 9.67. The van der Waals surface area contributed by atoms with Crippen LogP contribution in [0.1, 0.15) is 5.56 Å². The number of hydrogen-bond donors (Lipinski definition) is 3. The Balaban J connectivity index is 1.30. The Bertz CT molecular complexity index is 1040. The first-order valence-electron chi connectivity index (χ1n) is 10.1. The van der Waals surface area contributed by atoms with Crippen LogP contribution in [-0.4, -0.2) is 36.5 Å². The summed E-state index contributed by atoms with van der Waals surface area (Å²) < 4.78 is 5.76. The molecule has 0 radical (unpaired) electrons. The van der Waals surface area contributed by atoms with Crippen LogP contribution >= 0.6 is 0 Å². The van der Waals surface area contributed by atoms with E-state index in [2.05, 4.69) is 16.0 Å². The maximum atomic E-state index is 12.4. The number of anilines is 2. The van der Waals surface area contributed by atoms with Crippen molar-refractivity contribution in [3.8, 4) is 11.5 Å². The zero-order valence-corrected chi connectivity index (χ0v) is 17.0. The van der Waals surface area contributed by atoms with Crippen LogP contribution in [0.5, 0.6) is 11.5 Å². The Morgan fingerprint density at radius 3 is 2.39 bits per heavy atom. The molecule has 0 bridgehead atoms. The van der Waals surface area contributed by atoms with Crippen LogP contribution in [-0.2, 0) is 11.3 Å². The second-order valence-electron chi connectivity index (χ2n) is 7.15. The van der Waals surface area contributed by atoms with Crippen molar-refractivity contribution in [1.82, 2.24) is 10.2 Å². The lowest BCUT2D eigenvalue weighted by Gasteiger charge is -2.17.